The molecule has 6 heteroatoms. The Morgan fingerprint density at radius 1 is 1.22 bits per heavy atom. The third kappa shape index (κ3) is 2.74. The molecule has 0 saturated carbocycles. The van der Waals surface area contributed by atoms with Crippen molar-refractivity contribution < 1.29 is 4.39 Å². The molecule has 0 bridgehead atoms. The lowest BCUT2D eigenvalue weighted by molar-refractivity contribution is 0.625. The van der Waals surface area contributed by atoms with Crippen LogP contribution in [0.15, 0.2) is 59.8 Å². The average molecular weight is 308 g/mol. The minimum Gasteiger partial charge on any atom is -0.397 e. The molecule has 0 radical (unpaired) electrons. The van der Waals surface area contributed by atoms with E-state index < -0.39 is 5.82 Å². The van der Waals surface area contributed by atoms with E-state index in [2.05, 4.69) is 9.97 Å². The van der Waals surface area contributed by atoms with E-state index in [0.717, 1.165) is 0 Å². The van der Waals surface area contributed by atoms with Crippen molar-refractivity contribution in [1.82, 2.24) is 9.97 Å². The first-order valence-electron chi connectivity index (χ1n) is 6.84. The molecule has 5 nitrogen and oxygen atoms in total. The van der Waals surface area contributed by atoms with Gasteiger partial charge in [0.25, 0.3) is 0 Å². The Balaban J connectivity index is 2.12. The molecule has 4 N–H and O–H groups in total. The number of H-pyrrole nitrogens is 1. The number of benzene rings is 1. The summed E-state index contributed by atoms with van der Waals surface area (Å²) >= 11 is 0. The first kappa shape index (κ1) is 14.6. The van der Waals surface area contributed by atoms with Crippen LogP contribution in [0.4, 0.5) is 10.1 Å². The Hall–Kier alpha value is -3.28. The number of aromatic nitrogens is 2. The van der Waals surface area contributed by atoms with Crippen molar-refractivity contribution in [2.75, 3.05) is 5.73 Å². The molecule has 0 atom stereocenters. The van der Waals surface area contributed by atoms with Crippen molar-refractivity contribution in [3.05, 3.63) is 82.2 Å². The quantitative estimate of drug-likeness (QED) is 0.649. The molecule has 1 aromatic carbocycles. The fourth-order valence-electron chi connectivity index (χ4n) is 2.26. The summed E-state index contributed by atoms with van der Waals surface area (Å²) < 4.78 is 13.9. The predicted octanol–water partition coefficient (Wildman–Crippen LogP) is 2.57. The Kier molecular flexibility index (Phi) is 3.72. The Morgan fingerprint density at radius 2 is 2.00 bits per heavy atom. The molecule has 0 saturated heterocycles. The number of rotatable bonds is 3. The number of anilines is 1. The highest BCUT2D eigenvalue weighted by Gasteiger charge is 2.15. The number of hydrogen-bond acceptors (Lipinski definition) is 4. The largest absolute Gasteiger partial charge is 0.397 e. The van der Waals surface area contributed by atoms with Gasteiger partial charge >= 0.3 is 0 Å². The van der Waals surface area contributed by atoms with E-state index in [1.807, 2.05) is 0 Å². The van der Waals surface area contributed by atoms with Crippen LogP contribution in [0.5, 0.6) is 0 Å². The van der Waals surface area contributed by atoms with Gasteiger partial charge in [-0.3, -0.25) is 15.2 Å². The highest BCUT2D eigenvalue weighted by atomic mass is 19.1. The summed E-state index contributed by atoms with van der Waals surface area (Å²) in [5.74, 6) is -0.507. The molecule has 0 aliphatic rings. The SMILES string of the molecule is N=C(c1cc(-c2c[nH]ccc2=O)ncc1N)c1ccccc1F. The van der Waals surface area contributed by atoms with Crippen LogP contribution in [-0.4, -0.2) is 15.7 Å². The third-order valence-electron chi connectivity index (χ3n) is 3.45. The highest BCUT2D eigenvalue weighted by Crippen LogP contribution is 2.22. The van der Waals surface area contributed by atoms with Crippen molar-refractivity contribution in [3.8, 4) is 11.3 Å². The maximum absolute atomic E-state index is 13.9. The number of halogens is 1. The predicted molar refractivity (Wildman–Crippen MR) is 87.0 cm³/mol. The second kappa shape index (κ2) is 5.84. The van der Waals surface area contributed by atoms with Gasteiger partial charge in [-0.15, -0.1) is 0 Å². The van der Waals surface area contributed by atoms with E-state index in [9.17, 15) is 9.18 Å². The summed E-state index contributed by atoms with van der Waals surface area (Å²) in [4.78, 5) is 18.9. The molecular formula is C17H13FN4O. The zero-order valence-corrected chi connectivity index (χ0v) is 12.0. The molecule has 0 unspecified atom stereocenters. The molecule has 0 aliphatic carbocycles. The van der Waals surface area contributed by atoms with Crippen molar-refractivity contribution in [3.63, 3.8) is 0 Å². The fourth-order valence-corrected chi connectivity index (χ4v) is 2.26. The Morgan fingerprint density at radius 3 is 2.74 bits per heavy atom. The molecule has 2 aromatic heterocycles. The normalized spacial score (nSPS) is 10.5. The molecule has 3 rings (SSSR count). The number of pyridine rings is 2. The summed E-state index contributed by atoms with van der Waals surface area (Å²) in [6.45, 7) is 0. The molecule has 3 aromatic rings. The van der Waals surface area contributed by atoms with E-state index in [0.29, 0.717) is 16.8 Å². The Labute approximate surface area is 131 Å². The number of nitrogen functional groups attached to an aromatic ring is 1. The Bertz CT molecular complexity index is 949. The lowest BCUT2D eigenvalue weighted by Gasteiger charge is -2.10. The number of aromatic amines is 1. The van der Waals surface area contributed by atoms with E-state index in [-0.39, 0.29) is 22.4 Å². The molecule has 2 heterocycles. The van der Waals surface area contributed by atoms with E-state index >= 15 is 0 Å². The van der Waals surface area contributed by atoms with Crippen LogP contribution in [0.25, 0.3) is 11.3 Å². The molecule has 23 heavy (non-hydrogen) atoms. The molecule has 0 aliphatic heterocycles. The average Bonchev–Trinajstić information content (AvgIpc) is 2.56. The van der Waals surface area contributed by atoms with Crippen LogP contribution in [0, 0.1) is 11.2 Å². The standard InChI is InChI=1S/C17H13FN4O/c18-13-4-2-1-3-10(13)17(20)11-7-15(22-9-14(11)19)12-8-21-6-5-16(12)23/h1-9,20H,19H2,(H,21,23). The summed E-state index contributed by atoms with van der Waals surface area (Å²) in [5.41, 5.74) is 7.05. The minimum absolute atomic E-state index is 0.0587. The molecular weight excluding hydrogens is 295 g/mol. The van der Waals surface area contributed by atoms with E-state index in [1.54, 1.807) is 12.1 Å². The van der Waals surface area contributed by atoms with Gasteiger partial charge in [0.2, 0.25) is 0 Å². The van der Waals surface area contributed by atoms with Crippen molar-refractivity contribution in [2.24, 2.45) is 0 Å². The van der Waals surface area contributed by atoms with Crippen molar-refractivity contribution in [1.29, 1.82) is 5.41 Å². The van der Waals surface area contributed by atoms with E-state index in [1.165, 1.54) is 42.9 Å². The fraction of sp³-hybridized carbons (Fsp3) is 0. The maximum Gasteiger partial charge on any atom is 0.190 e. The van der Waals surface area contributed by atoms with Crippen LogP contribution in [0.1, 0.15) is 11.1 Å². The third-order valence-corrected chi connectivity index (χ3v) is 3.45. The van der Waals surface area contributed by atoms with E-state index in [4.69, 9.17) is 11.1 Å². The smallest absolute Gasteiger partial charge is 0.190 e. The van der Waals surface area contributed by atoms with Gasteiger partial charge in [0, 0.05) is 29.6 Å². The number of hydrogen-bond donors (Lipinski definition) is 3. The van der Waals surface area contributed by atoms with Crippen LogP contribution in [-0.2, 0) is 0 Å². The monoisotopic (exact) mass is 308 g/mol. The van der Waals surface area contributed by atoms with Crippen molar-refractivity contribution in [2.45, 2.75) is 0 Å². The first-order chi connectivity index (χ1) is 11.1. The highest BCUT2D eigenvalue weighted by molar-refractivity contribution is 6.14. The summed E-state index contributed by atoms with van der Waals surface area (Å²) in [6.07, 6.45) is 4.41. The number of nitrogens with one attached hydrogen (secondary N) is 2. The van der Waals surface area contributed by atoms with Gasteiger partial charge in [0.15, 0.2) is 5.43 Å². The lowest BCUT2D eigenvalue weighted by Crippen LogP contribution is -2.10. The summed E-state index contributed by atoms with van der Waals surface area (Å²) in [7, 11) is 0. The summed E-state index contributed by atoms with van der Waals surface area (Å²) in [6, 6.07) is 8.89. The van der Waals surface area contributed by atoms with Gasteiger partial charge in [-0.05, 0) is 18.2 Å². The zero-order valence-electron chi connectivity index (χ0n) is 12.0. The van der Waals surface area contributed by atoms with Gasteiger partial charge in [-0.1, -0.05) is 12.1 Å². The minimum atomic E-state index is -0.507. The van der Waals surface area contributed by atoms with Crippen LogP contribution in [0.2, 0.25) is 0 Å². The molecule has 0 spiro atoms. The van der Waals surface area contributed by atoms with Gasteiger partial charge in [0.1, 0.15) is 5.82 Å². The maximum atomic E-state index is 13.9. The lowest BCUT2D eigenvalue weighted by atomic mass is 9.99. The van der Waals surface area contributed by atoms with Gasteiger partial charge < -0.3 is 10.7 Å². The summed E-state index contributed by atoms with van der Waals surface area (Å²) in [5, 5.41) is 8.23. The first-order valence-corrected chi connectivity index (χ1v) is 6.84. The topological polar surface area (TPSA) is 95.6 Å². The van der Waals surface area contributed by atoms with Crippen LogP contribution >= 0.6 is 0 Å². The number of nitrogens with two attached hydrogens (primary N) is 1. The number of nitrogens with zero attached hydrogens (tertiary/aromatic N) is 1. The molecule has 0 amide bonds. The molecule has 0 fully saturated rings. The van der Waals surface area contributed by atoms with Crippen molar-refractivity contribution >= 4 is 11.4 Å². The second-order valence-corrected chi connectivity index (χ2v) is 4.93. The van der Waals surface area contributed by atoms with Gasteiger partial charge in [-0.2, -0.15) is 0 Å². The van der Waals surface area contributed by atoms with Gasteiger partial charge in [-0.25, -0.2) is 4.39 Å². The van der Waals surface area contributed by atoms with Crippen LogP contribution < -0.4 is 11.2 Å². The zero-order chi connectivity index (χ0) is 16.4. The van der Waals surface area contributed by atoms with Gasteiger partial charge in [0.05, 0.1) is 28.9 Å². The second-order valence-electron chi connectivity index (χ2n) is 4.93. The van der Waals surface area contributed by atoms with Crippen LogP contribution in [0.3, 0.4) is 0 Å². The molecule has 114 valence electrons.